The first-order valence-electron chi connectivity index (χ1n) is 30.9. The lowest BCUT2D eigenvalue weighted by Crippen LogP contribution is -2.60. The number of amides is 9. The zero-order valence-electron chi connectivity index (χ0n) is 52.6. The molecule has 2 aliphatic rings. The highest BCUT2D eigenvalue weighted by atomic mass is 16.4. The Balaban J connectivity index is 1.99. The highest BCUT2D eigenvalue weighted by molar-refractivity contribution is 5.99. The van der Waals surface area contributed by atoms with Crippen LogP contribution in [0.25, 0.3) is 0 Å². The number of hydrogen-bond donors (Lipinski definition) is 20. The molecule has 0 bridgehead atoms. The van der Waals surface area contributed by atoms with Gasteiger partial charge in [0.05, 0.1) is 19.0 Å². The van der Waals surface area contributed by atoms with Crippen LogP contribution in [0.2, 0.25) is 0 Å². The van der Waals surface area contributed by atoms with Crippen molar-refractivity contribution < 1.29 is 58.2 Å². The molecule has 1 aromatic heterocycles. The number of aliphatic imine (C=N–C) groups is 4. The predicted molar refractivity (Wildman–Crippen MR) is 340 cm³/mol. The number of nitrogens with one attached hydrogen (secondary N) is 8. The van der Waals surface area contributed by atoms with Crippen molar-refractivity contribution in [3.63, 3.8) is 0 Å². The molecule has 1 aromatic rings. The minimum absolute atomic E-state index is 0.00180. The number of unbranched alkanes of at least 4 members (excludes halogenated alkanes) is 1. The molecule has 0 unspecified atom stereocenters. The number of aromatic nitrogens is 2. The summed E-state index contributed by atoms with van der Waals surface area (Å²) in [5.41, 5.74) is 57.0. The van der Waals surface area contributed by atoms with Gasteiger partial charge < -0.3 is 120 Å². The van der Waals surface area contributed by atoms with E-state index in [1.165, 1.54) is 22.3 Å². The summed E-state index contributed by atoms with van der Waals surface area (Å²) in [5.74, 6) is -9.25. The van der Waals surface area contributed by atoms with Crippen molar-refractivity contribution in [3.8, 4) is 0 Å². The van der Waals surface area contributed by atoms with Crippen LogP contribution < -0.4 is 94.6 Å². The van der Waals surface area contributed by atoms with Gasteiger partial charge in [0, 0.05) is 57.6 Å². The summed E-state index contributed by atoms with van der Waals surface area (Å²) in [7, 11) is 0. The Morgan fingerprint density at radius 1 is 0.543 bits per heavy atom. The summed E-state index contributed by atoms with van der Waals surface area (Å²) >= 11 is 0. The minimum Gasteiger partial charge on any atom is -0.480 e. The van der Waals surface area contributed by atoms with Gasteiger partial charge in [-0.15, -0.1) is 0 Å². The lowest BCUT2D eigenvalue weighted by Gasteiger charge is -2.31. The summed E-state index contributed by atoms with van der Waals surface area (Å²) in [4.78, 5) is 166. The van der Waals surface area contributed by atoms with E-state index in [9.17, 15) is 58.2 Å². The average Bonchev–Trinajstić information content (AvgIpc) is 1.64. The van der Waals surface area contributed by atoms with Gasteiger partial charge in [-0.25, -0.2) is 9.78 Å². The van der Waals surface area contributed by atoms with Crippen molar-refractivity contribution in [1.29, 1.82) is 0 Å². The van der Waals surface area contributed by atoms with Crippen LogP contribution in [0.15, 0.2) is 32.5 Å². The van der Waals surface area contributed by atoms with E-state index in [-0.39, 0.29) is 159 Å². The standard InChI is InChI=1S/C55H99N25O12/c1-30(2)25-32(57)42(82)75-36(14-7-21-69-54(62)63)49(89)79-23-9-16-40(79)47(87)74-35(13-6-20-68-53(60)61)44(84)73-34(12-5-19-67-52(58)59)43(83)72-33(11-3-4-18-56)45(85)76-37(15-8-22-70-55(64)65)50(90)80-24-10-17-41(80)48(88)77-38(26-31-27-66-29-71-31)46(86)78-39(28-81)51(91)92/h27,29-30,32-41,81H,3-26,28,56-57H2,1-2H3,(H,66,71)(H,72,83)(H,73,84)(H,74,87)(H,75,82)(H,76,85)(H,77,88)(H,78,86)(H,91,92)(H4,58,59,67)(H4,60,61,68)(H4,62,63,69)(H4,64,65,70)/t32-,33-,34-,35-,36-,37-,38-,39-,40-,41-/m0/s1. The first-order chi connectivity index (χ1) is 43.7. The molecule has 92 heavy (non-hydrogen) atoms. The second kappa shape index (κ2) is 40.6. The van der Waals surface area contributed by atoms with Gasteiger partial charge in [0.2, 0.25) is 53.2 Å². The van der Waals surface area contributed by atoms with E-state index in [0.29, 0.717) is 31.4 Å². The summed E-state index contributed by atoms with van der Waals surface area (Å²) < 4.78 is 0. The SMILES string of the molecule is CC(C)C[C@H](N)C(=O)N[C@@H](CCCN=C(N)N)C(=O)N1CCC[C@H]1C(=O)N[C@@H](CCCN=C(N)N)C(=O)N[C@@H](CCCN=C(N)N)C(=O)N[C@@H](CCCCN)C(=O)N[C@@H](CCCN=C(N)N)C(=O)N1CCC[C@H]1C(=O)N[C@@H](Cc1cnc[nH]1)C(=O)N[C@@H](CO)C(=O)O. The van der Waals surface area contributed by atoms with Crippen LogP contribution in [-0.2, 0) is 54.4 Å². The van der Waals surface area contributed by atoms with E-state index in [4.69, 9.17) is 57.3 Å². The number of imidazole rings is 1. The number of aliphatic carboxylic acids is 1. The number of likely N-dealkylation sites (tertiary alicyclic amines) is 2. The molecule has 0 aliphatic carbocycles. The second-order valence-corrected chi connectivity index (χ2v) is 22.9. The average molecular weight is 1300 g/mol. The third-order valence-corrected chi connectivity index (χ3v) is 15.0. The van der Waals surface area contributed by atoms with Crippen molar-refractivity contribution in [1.82, 2.24) is 57.0 Å². The Hall–Kier alpha value is -9.13. The molecule has 0 aromatic carbocycles. The van der Waals surface area contributed by atoms with E-state index < -0.39 is 126 Å². The molecule has 37 nitrogen and oxygen atoms in total. The van der Waals surface area contributed by atoms with Crippen molar-refractivity contribution >= 4 is 83.0 Å². The summed E-state index contributed by atoms with van der Waals surface area (Å²) in [6.45, 7) is 3.37. The van der Waals surface area contributed by atoms with Crippen LogP contribution in [0.4, 0.5) is 0 Å². The van der Waals surface area contributed by atoms with E-state index in [2.05, 4.69) is 67.2 Å². The van der Waals surface area contributed by atoms with Gasteiger partial charge in [-0.05, 0) is 115 Å². The van der Waals surface area contributed by atoms with Crippen molar-refractivity contribution in [2.75, 3.05) is 52.4 Å². The van der Waals surface area contributed by atoms with E-state index >= 15 is 0 Å². The largest absolute Gasteiger partial charge is 0.480 e. The van der Waals surface area contributed by atoms with E-state index in [0.717, 1.165) is 0 Å². The lowest BCUT2D eigenvalue weighted by molar-refractivity contribution is -0.144. The highest BCUT2D eigenvalue weighted by Crippen LogP contribution is 2.23. The molecular weight excluding hydrogens is 1200 g/mol. The Bertz CT molecular complexity index is 2700. The molecule has 9 amide bonds. The van der Waals surface area contributed by atoms with E-state index in [1.54, 1.807) is 0 Å². The number of aliphatic hydroxyl groups excluding tert-OH is 1. The number of carboxylic acid groups (broad SMARTS) is 1. The Morgan fingerprint density at radius 2 is 0.913 bits per heavy atom. The fraction of sp³-hybridized carbons (Fsp3) is 0.691. The van der Waals surface area contributed by atoms with Gasteiger partial charge >= 0.3 is 5.97 Å². The van der Waals surface area contributed by atoms with Crippen LogP contribution in [-0.4, -0.2) is 226 Å². The number of aromatic amines is 1. The first kappa shape index (κ1) is 77.1. The van der Waals surface area contributed by atoms with Crippen LogP contribution in [0, 0.1) is 5.92 Å². The van der Waals surface area contributed by atoms with Crippen molar-refractivity contribution in [2.24, 2.45) is 83.2 Å². The summed E-state index contributed by atoms with van der Waals surface area (Å²) in [5, 5.41) is 37.6. The summed E-state index contributed by atoms with van der Waals surface area (Å²) in [6, 6.07) is -13.1. The van der Waals surface area contributed by atoms with Crippen LogP contribution >= 0.6 is 0 Å². The van der Waals surface area contributed by atoms with Crippen LogP contribution in [0.1, 0.15) is 122 Å². The number of H-pyrrole nitrogens is 1. The Kier molecular flexibility index (Phi) is 34.0. The number of guanidine groups is 4. The normalized spacial score (nSPS) is 17.0. The van der Waals surface area contributed by atoms with Crippen molar-refractivity contribution in [3.05, 3.63) is 18.2 Å². The fourth-order valence-electron chi connectivity index (χ4n) is 10.4. The number of nitrogens with two attached hydrogens (primary N) is 10. The number of rotatable bonds is 42. The molecule has 2 aliphatic heterocycles. The van der Waals surface area contributed by atoms with Crippen LogP contribution in [0.5, 0.6) is 0 Å². The number of carbonyl (C=O) groups is 10. The molecular formula is C55H99N25O12. The van der Waals surface area contributed by atoms with Gasteiger partial charge in [0.15, 0.2) is 23.8 Å². The number of nitrogens with zero attached hydrogens (tertiary/aromatic N) is 7. The molecule has 10 atom stereocenters. The minimum atomic E-state index is -1.70. The molecule has 0 radical (unpaired) electrons. The maximum absolute atomic E-state index is 14.8. The van der Waals surface area contributed by atoms with Gasteiger partial charge in [-0.2, -0.15) is 0 Å². The van der Waals surface area contributed by atoms with Gasteiger partial charge in [-0.1, -0.05) is 13.8 Å². The zero-order chi connectivity index (χ0) is 68.5. The summed E-state index contributed by atoms with van der Waals surface area (Å²) in [6.07, 6.45) is 4.93. The Labute approximate surface area is 533 Å². The highest BCUT2D eigenvalue weighted by Gasteiger charge is 2.42. The predicted octanol–water partition coefficient (Wildman–Crippen LogP) is -7.88. The van der Waals surface area contributed by atoms with Gasteiger partial charge in [0.1, 0.15) is 54.4 Å². The first-order valence-corrected chi connectivity index (χ1v) is 30.9. The van der Waals surface area contributed by atoms with Crippen LogP contribution in [0.3, 0.4) is 0 Å². The molecule has 37 heteroatoms. The van der Waals surface area contributed by atoms with Crippen molar-refractivity contribution in [2.45, 2.75) is 183 Å². The Morgan fingerprint density at radius 3 is 1.29 bits per heavy atom. The molecule has 3 rings (SSSR count). The quantitative estimate of drug-likeness (QED) is 0.0164. The molecule has 0 spiro atoms. The van der Waals surface area contributed by atoms with Gasteiger partial charge in [-0.3, -0.25) is 63.1 Å². The maximum Gasteiger partial charge on any atom is 0.328 e. The maximum atomic E-state index is 14.8. The molecule has 30 N–H and O–H groups in total. The molecule has 0 saturated carbocycles. The number of carbonyl (C=O) groups excluding carboxylic acids is 9. The molecule has 3 heterocycles. The number of carboxylic acids is 1. The van der Waals surface area contributed by atoms with Gasteiger partial charge in [0.25, 0.3) is 0 Å². The topological polar surface area (TPSA) is 640 Å². The molecule has 2 saturated heterocycles. The smallest absolute Gasteiger partial charge is 0.328 e. The lowest BCUT2D eigenvalue weighted by atomic mass is 10.0. The third kappa shape index (κ3) is 27.5. The zero-order valence-corrected chi connectivity index (χ0v) is 52.6. The number of aliphatic hydroxyl groups is 1. The number of hydrogen-bond acceptors (Lipinski definition) is 18. The van der Waals surface area contributed by atoms with E-state index in [1.807, 2.05) is 13.8 Å². The second-order valence-electron chi connectivity index (χ2n) is 22.9. The fourth-order valence-corrected chi connectivity index (χ4v) is 10.4. The monoisotopic (exact) mass is 1300 g/mol. The third-order valence-electron chi connectivity index (χ3n) is 15.0. The molecule has 2 fully saturated rings. The molecule has 516 valence electrons.